The number of amides is 2. The molecule has 0 unspecified atom stereocenters. The summed E-state index contributed by atoms with van der Waals surface area (Å²) < 4.78 is 0. The van der Waals surface area contributed by atoms with Crippen LogP contribution in [0, 0.1) is 0 Å². The lowest BCUT2D eigenvalue weighted by atomic mass is 10.3. The summed E-state index contributed by atoms with van der Waals surface area (Å²) in [7, 11) is 0. The maximum atomic E-state index is 11.2. The Hall–Kier alpha value is -1.18. The number of rotatable bonds is 5. The highest BCUT2D eigenvalue weighted by Gasteiger charge is 2.13. The van der Waals surface area contributed by atoms with Gasteiger partial charge in [-0.1, -0.05) is 0 Å². The van der Waals surface area contributed by atoms with Crippen molar-refractivity contribution in [2.75, 3.05) is 39.3 Å². The van der Waals surface area contributed by atoms with E-state index in [-0.39, 0.29) is 19.1 Å². The standard InChI is InChI=1S/C8H16N4O3/c9-7(13)6-15-11-8(14)5-12-3-1-10-2-4-12/h10H,1-6H2,(H2,9,13)(H,11,14). The van der Waals surface area contributed by atoms with Gasteiger partial charge in [-0.25, -0.2) is 5.48 Å². The van der Waals surface area contributed by atoms with Crippen LogP contribution in [0.4, 0.5) is 0 Å². The van der Waals surface area contributed by atoms with Crippen molar-refractivity contribution in [2.45, 2.75) is 0 Å². The molecule has 1 saturated heterocycles. The SMILES string of the molecule is NC(=O)CONC(=O)CN1CCNCC1. The zero-order valence-corrected chi connectivity index (χ0v) is 8.49. The highest BCUT2D eigenvalue weighted by atomic mass is 16.7. The number of nitrogens with one attached hydrogen (secondary N) is 2. The first kappa shape index (κ1) is 11.9. The molecule has 0 radical (unpaired) electrons. The fourth-order valence-electron chi connectivity index (χ4n) is 1.29. The van der Waals surface area contributed by atoms with Gasteiger partial charge in [0.15, 0.2) is 6.61 Å². The molecule has 0 aromatic carbocycles. The minimum absolute atomic E-state index is 0.266. The van der Waals surface area contributed by atoms with Crippen LogP contribution < -0.4 is 16.5 Å². The first-order chi connectivity index (χ1) is 7.18. The summed E-state index contributed by atoms with van der Waals surface area (Å²) in [6.45, 7) is 3.42. The van der Waals surface area contributed by atoms with Crippen LogP contribution in [0.15, 0.2) is 0 Å². The third-order valence-corrected chi connectivity index (χ3v) is 1.98. The van der Waals surface area contributed by atoms with Crippen LogP contribution >= 0.6 is 0 Å². The summed E-state index contributed by atoms with van der Waals surface area (Å²) >= 11 is 0. The first-order valence-electron chi connectivity index (χ1n) is 4.80. The van der Waals surface area contributed by atoms with Gasteiger partial charge >= 0.3 is 0 Å². The van der Waals surface area contributed by atoms with Crippen molar-refractivity contribution < 1.29 is 14.4 Å². The molecule has 0 atom stereocenters. The van der Waals surface area contributed by atoms with Crippen molar-refractivity contribution in [1.29, 1.82) is 0 Å². The van der Waals surface area contributed by atoms with E-state index < -0.39 is 5.91 Å². The molecule has 0 aromatic rings. The summed E-state index contributed by atoms with van der Waals surface area (Å²) in [4.78, 5) is 28.1. The number of primary amides is 1. The lowest BCUT2D eigenvalue weighted by molar-refractivity contribution is -0.138. The van der Waals surface area contributed by atoms with Crippen molar-refractivity contribution in [2.24, 2.45) is 5.73 Å². The Morgan fingerprint density at radius 1 is 1.40 bits per heavy atom. The van der Waals surface area contributed by atoms with E-state index in [0.717, 1.165) is 26.2 Å². The molecule has 7 nitrogen and oxygen atoms in total. The van der Waals surface area contributed by atoms with E-state index in [1.807, 2.05) is 4.90 Å². The number of nitrogens with zero attached hydrogens (tertiary/aromatic N) is 1. The summed E-state index contributed by atoms with van der Waals surface area (Å²) in [5, 5.41) is 3.18. The fourth-order valence-corrected chi connectivity index (χ4v) is 1.29. The molecule has 1 rings (SSSR count). The van der Waals surface area contributed by atoms with Gasteiger partial charge in [0.05, 0.1) is 6.54 Å². The Bertz CT molecular complexity index is 228. The van der Waals surface area contributed by atoms with Crippen molar-refractivity contribution in [3.05, 3.63) is 0 Å². The molecule has 7 heteroatoms. The molecule has 0 spiro atoms. The molecule has 0 aliphatic carbocycles. The van der Waals surface area contributed by atoms with Crippen molar-refractivity contribution >= 4 is 11.8 Å². The zero-order chi connectivity index (χ0) is 11.1. The molecule has 0 saturated carbocycles. The number of carbonyl (C=O) groups is 2. The van der Waals surface area contributed by atoms with Gasteiger partial charge in [0.2, 0.25) is 5.91 Å². The van der Waals surface area contributed by atoms with Crippen LogP contribution in [0.1, 0.15) is 0 Å². The van der Waals surface area contributed by atoms with E-state index >= 15 is 0 Å². The number of carbonyl (C=O) groups excluding carboxylic acids is 2. The van der Waals surface area contributed by atoms with Gasteiger partial charge in [0.1, 0.15) is 0 Å². The minimum Gasteiger partial charge on any atom is -0.368 e. The molecule has 1 aliphatic heterocycles. The van der Waals surface area contributed by atoms with Crippen LogP contribution in [0.5, 0.6) is 0 Å². The molecule has 0 aromatic heterocycles. The maximum absolute atomic E-state index is 11.2. The minimum atomic E-state index is -0.613. The monoisotopic (exact) mass is 216 g/mol. The van der Waals surface area contributed by atoms with E-state index in [1.54, 1.807) is 0 Å². The highest BCUT2D eigenvalue weighted by molar-refractivity contribution is 5.78. The van der Waals surface area contributed by atoms with Crippen molar-refractivity contribution in [3.63, 3.8) is 0 Å². The fraction of sp³-hybridized carbons (Fsp3) is 0.750. The largest absolute Gasteiger partial charge is 0.368 e. The number of nitrogens with two attached hydrogens (primary N) is 1. The summed E-state index contributed by atoms with van der Waals surface area (Å²) in [6, 6.07) is 0. The van der Waals surface area contributed by atoms with Gasteiger partial charge in [0.25, 0.3) is 5.91 Å². The predicted octanol–water partition coefficient (Wildman–Crippen LogP) is -2.58. The van der Waals surface area contributed by atoms with Gasteiger partial charge in [0, 0.05) is 26.2 Å². The Labute approximate surface area is 87.9 Å². The second-order valence-electron chi connectivity index (χ2n) is 3.31. The number of hydrogen-bond acceptors (Lipinski definition) is 5. The van der Waals surface area contributed by atoms with E-state index in [9.17, 15) is 9.59 Å². The van der Waals surface area contributed by atoms with Crippen LogP contribution in [0.3, 0.4) is 0 Å². The van der Waals surface area contributed by atoms with Crippen LogP contribution in [0.2, 0.25) is 0 Å². The quantitative estimate of drug-likeness (QED) is 0.439. The smallest absolute Gasteiger partial charge is 0.257 e. The summed E-state index contributed by atoms with van der Waals surface area (Å²) in [6.07, 6.45) is 0. The molecule has 0 bridgehead atoms. The normalized spacial score (nSPS) is 17.3. The molecule has 4 N–H and O–H groups in total. The molecule has 1 fully saturated rings. The van der Waals surface area contributed by atoms with Crippen molar-refractivity contribution in [1.82, 2.24) is 15.7 Å². The van der Waals surface area contributed by atoms with E-state index in [2.05, 4.69) is 15.6 Å². The van der Waals surface area contributed by atoms with Gasteiger partial charge in [-0.3, -0.25) is 19.3 Å². The molecule has 15 heavy (non-hydrogen) atoms. The topological polar surface area (TPSA) is 96.7 Å². The lowest BCUT2D eigenvalue weighted by Gasteiger charge is -2.26. The maximum Gasteiger partial charge on any atom is 0.257 e. The molecule has 1 aliphatic rings. The van der Waals surface area contributed by atoms with Gasteiger partial charge < -0.3 is 11.1 Å². The average Bonchev–Trinajstić information content (AvgIpc) is 2.18. The second kappa shape index (κ2) is 6.33. The Morgan fingerprint density at radius 2 is 2.07 bits per heavy atom. The molecular formula is C8H16N4O3. The highest BCUT2D eigenvalue weighted by Crippen LogP contribution is 1.90. The number of hydrogen-bond donors (Lipinski definition) is 3. The van der Waals surface area contributed by atoms with E-state index in [1.165, 1.54) is 0 Å². The first-order valence-corrected chi connectivity index (χ1v) is 4.80. The summed E-state index contributed by atoms with van der Waals surface area (Å²) in [5.74, 6) is -0.879. The van der Waals surface area contributed by atoms with Crippen LogP contribution in [0.25, 0.3) is 0 Å². The van der Waals surface area contributed by atoms with E-state index in [0.29, 0.717) is 0 Å². The number of piperazine rings is 1. The van der Waals surface area contributed by atoms with Crippen LogP contribution in [-0.2, 0) is 14.4 Å². The lowest BCUT2D eigenvalue weighted by Crippen LogP contribution is -2.47. The zero-order valence-electron chi connectivity index (χ0n) is 8.49. The van der Waals surface area contributed by atoms with Gasteiger partial charge in [-0.15, -0.1) is 0 Å². The van der Waals surface area contributed by atoms with Crippen molar-refractivity contribution in [3.8, 4) is 0 Å². The third kappa shape index (κ3) is 5.31. The van der Waals surface area contributed by atoms with E-state index in [4.69, 9.17) is 5.73 Å². The molecule has 2 amide bonds. The Kier molecular flexibility index (Phi) is 5.02. The van der Waals surface area contributed by atoms with Gasteiger partial charge in [-0.2, -0.15) is 0 Å². The van der Waals surface area contributed by atoms with Crippen LogP contribution in [-0.4, -0.2) is 56.0 Å². The second-order valence-corrected chi connectivity index (χ2v) is 3.31. The third-order valence-electron chi connectivity index (χ3n) is 1.98. The summed E-state index contributed by atoms with van der Waals surface area (Å²) in [5.41, 5.74) is 6.99. The average molecular weight is 216 g/mol. The molecule has 1 heterocycles. The molecular weight excluding hydrogens is 200 g/mol. The van der Waals surface area contributed by atoms with Gasteiger partial charge in [-0.05, 0) is 0 Å². The molecule has 86 valence electrons. The Balaban J connectivity index is 2.09. The number of hydroxylamine groups is 1. The Morgan fingerprint density at radius 3 is 2.67 bits per heavy atom. The predicted molar refractivity (Wildman–Crippen MR) is 52.6 cm³/mol.